The van der Waals surface area contributed by atoms with Crippen LogP contribution < -0.4 is 10.6 Å². The van der Waals surface area contributed by atoms with Crippen molar-refractivity contribution in [3.05, 3.63) is 76.3 Å². The highest BCUT2D eigenvalue weighted by molar-refractivity contribution is 7.15. The highest BCUT2D eigenvalue weighted by Gasteiger charge is 2.34. The summed E-state index contributed by atoms with van der Waals surface area (Å²) < 4.78 is 0. The summed E-state index contributed by atoms with van der Waals surface area (Å²) >= 11 is 1.43. The molecule has 0 bridgehead atoms. The molecule has 0 spiro atoms. The van der Waals surface area contributed by atoms with Crippen LogP contribution in [0.4, 0.5) is 10.8 Å². The summed E-state index contributed by atoms with van der Waals surface area (Å²) in [6.45, 7) is 3.79. The highest BCUT2D eigenvalue weighted by atomic mass is 32.1. The Bertz CT molecular complexity index is 1010. The second kappa shape index (κ2) is 7.44. The first-order valence-corrected chi connectivity index (χ1v) is 9.80. The van der Waals surface area contributed by atoms with Crippen molar-refractivity contribution >= 4 is 34.0 Å². The molecule has 1 aliphatic heterocycles. The van der Waals surface area contributed by atoms with Crippen LogP contribution in [0.15, 0.2) is 54.6 Å². The predicted octanol–water partition coefficient (Wildman–Crippen LogP) is 3.97. The van der Waals surface area contributed by atoms with Crippen LogP contribution in [0.2, 0.25) is 0 Å². The molecule has 0 fully saturated rings. The molecule has 2 aromatic carbocycles. The van der Waals surface area contributed by atoms with Crippen molar-refractivity contribution in [1.29, 1.82) is 0 Å². The third-order valence-electron chi connectivity index (χ3n) is 4.73. The first kappa shape index (κ1) is 18.2. The van der Waals surface area contributed by atoms with E-state index < -0.39 is 6.17 Å². The zero-order valence-corrected chi connectivity index (χ0v) is 16.4. The Morgan fingerprint density at radius 1 is 1.14 bits per heavy atom. The van der Waals surface area contributed by atoms with Crippen molar-refractivity contribution in [2.24, 2.45) is 0 Å². The molecule has 0 saturated heterocycles. The molecule has 2 amide bonds. The smallest absolute Gasteiger partial charge is 0.258 e. The van der Waals surface area contributed by atoms with Crippen LogP contribution in [-0.2, 0) is 4.79 Å². The fourth-order valence-corrected chi connectivity index (χ4v) is 4.02. The van der Waals surface area contributed by atoms with Gasteiger partial charge in [0.2, 0.25) is 5.91 Å². The number of thiazole rings is 1. The average Bonchev–Trinajstić information content (AvgIpc) is 3.01. The summed E-state index contributed by atoms with van der Waals surface area (Å²) in [5.41, 5.74) is 3.14. The van der Waals surface area contributed by atoms with Crippen molar-refractivity contribution < 1.29 is 9.59 Å². The molecular formula is C21H20N4O2S. The zero-order valence-electron chi connectivity index (χ0n) is 15.6. The quantitative estimate of drug-likeness (QED) is 0.705. The number of hydrogen-bond donors (Lipinski definition) is 2. The van der Waals surface area contributed by atoms with Gasteiger partial charge in [0.25, 0.3) is 5.91 Å². The van der Waals surface area contributed by atoms with Gasteiger partial charge in [0, 0.05) is 10.6 Å². The Kier molecular flexibility index (Phi) is 4.83. The van der Waals surface area contributed by atoms with Crippen LogP contribution >= 0.6 is 11.3 Å². The molecule has 7 heteroatoms. The van der Waals surface area contributed by atoms with Gasteiger partial charge < -0.3 is 15.5 Å². The normalized spacial score (nSPS) is 15.7. The largest absolute Gasteiger partial charge is 0.361 e. The minimum absolute atomic E-state index is 0.0720. The van der Waals surface area contributed by atoms with Gasteiger partial charge in [0.05, 0.1) is 11.3 Å². The third-order valence-corrected chi connectivity index (χ3v) is 5.71. The maximum atomic E-state index is 13.1. The number of nitrogens with zero attached hydrogens (tertiary/aromatic N) is 2. The minimum Gasteiger partial charge on any atom is -0.361 e. The number of aryl methyl sites for hydroxylation is 2. The standard InChI is InChI=1S/C21H20N4O2S/c1-13-14(2)28-21(22-13)24-18(26)12-25-19(15-8-4-3-5-9-15)23-17-11-7-6-10-16(17)20(25)27/h3-11,19,23H,12H2,1-2H3,(H,22,24,26). The van der Waals surface area contributed by atoms with E-state index in [0.29, 0.717) is 10.7 Å². The first-order chi connectivity index (χ1) is 13.5. The van der Waals surface area contributed by atoms with E-state index in [9.17, 15) is 9.59 Å². The van der Waals surface area contributed by atoms with Crippen molar-refractivity contribution in [2.45, 2.75) is 20.0 Å². The van der Waals surface area contributed by atoms with Crippen molar-refractivity contribution in [3.8, 4) is 0 Å². The van der Waals surface area contributed by atoms with Gasteiger partial charge in [-0.2, -0.15) is 0 Å². The topological polar surface area (TPSA) is 74.3 Å². The van der Waals surface area contributed by atoms with Gasteiger partial charge in [0.15, 0.2) is 5.13 Å². The molecule has 0 aliphatic carbocycles. The number of hydrogen-bond acceptors (Lipinski definition) is 5. The number of amides is 2. The summed E-state index contributed by atoms with van der Waals surface area (Å²) in [6, 6.07) is 17.0. The van der Waals surface area contributed by atoms with Gasteiger partial charge in [-0.1, -0.05) is 42.5 Å². The maximum Gasteiger partial charge on any atom is 0.258 e. The molecule has 0 radical (unpaired) electrons. The van der Waals surface area contributed by atoms with Gasteiger partial charge >= 0.3 is 0 Å². The Balaban J connectivity index is 1.61. The lowest BCUT2D eigenvalue weighted by Crippen LogP contribution is -2.46. The van der Waals surface area contributed by atoms with Crippen LogP contribution in [0, 0.1) is 13.8 Å². The summed E-state index contributed by atoms with van der Waals surface area (Å²) in [6.07, 6.45) is -0.422. The molecule has 28 heavy (non-hydrogen) atoms. The summed E-state index contributed by atoms with van der Waals surface area (Å²) in [5.74, 6) is -0.450. The van der Waals surface area contributed by atoms with Crippen molar-refractivity contribution in [1.82, 2.24) is 9.88 Å². The van der Waals surface area contributed by atoms with Gasteiger partial charge in [-0.3, -0.25) is 9.59 Å². The van der Waals surface area contributed by atoms with E-state index in [0.717, 1.165) is 21.8 Å². The van der Waals surface area contributed by atoms with E-state index in [4.69, 9.17) is 0 Å². The molecule has 1 unspecified atom stereocenters. The van der Waals surface area contributed by atoms with Crippen LogP contribution in [0.25, 0.3) is 0 Å². The molecule has 3 aromatic rings. The summed E-state index contributed by atoms with van der Waals surface area (Å²) in [5, 5.41) is 6.75. The lowest BCUT2D eigenvalue weighted by Gasteiger charge is -2.37. The molecule has 6 nitrogen and oxygen atoms in total. The number of benzene rings is 2. The monoisotopic (exact) mass is 392 g/mol. The van der Waals surface area contributed by atoms with Crippen LogP contribution in [0.3, 0.4) is 0 Å². The van der Waals surface area contributed by atoms with E-state index >= 15 is 0 Å². The molecule has 1 aliphatic rings. The molecule has 142 valence electrons. The number of aromatic nitrogens is 1. The number of carbonyl (C=O) groups is 2. The van der Waals surface area contributed by atoms with Crippen LogP contribution in [0.5, 0.6) is 0 Å². The lowest BCUT2D eigenvalue weighted by atomic mass is 10.0. The van der Waals surface area contributed by atoms with Gasteiger partial charge in [0.1, 0.15) is 12.7 Å². The Morgan fingerprint density at radius 2 is 1.86 bits per heavy atom. The summed E-state index contributed by atoms with van der Waals surface area (Å²) in [4.78, 5) is 32.8. The van der Waals surface area contributed by atoms with E-state index in [1.54, 1.807) is 11.0 Å². The fraction of sp³-hybridized carbons (Fsp3) is 0.190. The van der Waals surface area contributed by atoms with E-state index in [1.165, 1.54) is 11.3 Å². The van der Waals surface area contributed by atoms with Gasteiger partial charge in [-0.15, -0.1) is 11.3 Å². The van der Waals surface area contributed by atoms with E-state index in [2.05, 4.69) is 15.6 Å². The SMILES string of the molecule is Cc1nc(NC(=O)CN2C(=O)c3ccccc3NC2c2ccccc2)sc1C. The Hall–Kier alpha value is -3.19. The lowest BCUT2D eigenvalue weighted by molar-refractivity contribution is -0.117. The number of nitrogens with one attached hydrogen (secondary N) is 2. The Morgan fingerprint density at radius 3 is 2.57 bits per heavy atom. The number of fused-ring (bicyclic) bond motifs is 1. The van der Waals surface area contributed by atoms with Gasteiger partial charge in [-0.05, 0) is 31.5 Å². The first-order valence-electron chi connectivity index (χ1n) is 8.98. The maximum absolute atomic E-state index is 13.1. The molecule has 1 aromatic heterocycles. The van der Waals surface area contributed by atoms with E-state index in [1.807, 2.05) is 62.4 Å². The van der Waals surface area contributed by atoms with Crippen molar-refractivity contribution in [3.63, 3.8) is 0 Å². The van der Waals surface area contributed by atoms with Gasteiger partial charge in [-0.25, -0.2) is 4.98 Å². The predicted molar refractivity (Wildman–Crippen MR) is 111 cm³/mol. The van der Waals surface area contributed by atoms with Crippen LogP contribution in [0.1, 0.15) is 32.7 Å². The molecule has 1 atom stereocenters. The second-order valence-corrected chi connectivity index (χ2v) is 7.85. The zero-order chi connectivity index (χ0) is 19.7. The minimum atomic E-state index is -0.422. The molecule has 4 rings (SSSR count). The van der Waals surface area contributed by atoms with Crippen LogP contribution in [-0.4, -0.2) is 28.2 Å². The molecule has 0 saturated carbocycles. The highest BCUT2D eigenvalue weighted by Crippen LogP contribution is 2.33. The third kappa shape index (κ3) is 3.48. The molecule has 2 heterocycles. The number of carbonyl (C=O) groups excluding carboxylic acids is 2. The Labute approximate surface area is 167 Å². The number of rotatable bonds is 4. The van der Waals surface area contributed by atoms with Crippen molar-refractivity contribution in [2.75, 3.05) is 17.2 Å². The number of para-hydroxylation sites is 1. The average molecular weight is 392 g/mol. The summed E-state index contributed by atoms with van der Waals surface area (Å²) in [7, 11) is 0. The van der Waals surface area contributed by atoms with E-state index in [-0.39, 0.29) is 18.4 Å². The second-order valence-electron chi connectivity index (χ2n) is 6.64. The number of anilines is 2. The molecular weight excluding hydrogens is 372 g/mol. The molecule has 2 N–H and O–H groups in total. The fourth-order valence-electron chi connectivity index (χ4n) is 3.19.